The number of esters is 1. The van der Waals surface area contributed by atoms with Crippen LogP contribution in [0.1, 0.15) is 84.2 Å². The van der Waals surface area contributed by atoms with Crippen molar-refractivity contribution in [2.45, 2.75) is 103 Å². The molecule has 0 bridgehead atoms. The van der Waals surface area contributed by atoms with Crippen molar-refractivity contribution < 1.29 is 9.53 Å². The number of nitrogens with zero attached hydrogens (tertiary/aromatic N) is 1. The molecule has 4 heteroatoms. The van der Waals surface area contributed by atoms with Crippen LogP contribution in [0.2, 0.25) is 0 Å². The Bertz CT molecular complexity index is 638. The van der Waals surface area contributed by atoms with Crippen molar-refractivity contribution in [3.05, 3.63) is 17.0 Å². The Morgan fingerprint density at radius 2 is 1.81 bits per heavy atom. The van der Waals surface area contributed by atoms with Gasteiger partial charge in [-0.3, -0.25) is 4.79 Å². The molecule has 0 spiro atoms. The monoisotopic (exact) mass is 379 g/mol. The summed E-state index contributed by atoms with van der Waals surface area (Å²) in [6.07, 6.45) is 8.04. The minimum absolute atomic E-state index is 0.120. The van der Waals surface area contributed by atoms with Crippen molar-refractivity contribution in [3.8, 4) is 0 Å². The van der Waals surface area contributed by atoms with Crippen molar-refractivity contribution in [1.29, 1.82) is 0 Å². The zero-order chi connectivity index (χ0) is 19.5. The van der Waals surface area contributed by atoms with Gasteiger partial charge in [-0.15, -0.1) is 11.8 Å². The van der Waals surface area contributed by atoms with Gasteiger partial charge in [-0.25, -0.2) is 0 Å². The molecule has 1 aliphatic carbocycles. The molecule has 1 aromatic heterocycles. The van der Waals surface area contributed by atoms with Crippen LogP contribution >= 0.6 is 11.8 Å². The Morgan fingerprint density at radius 1 is 1.15 bits per heavy atom. The van der Waals surface area contributed by atoms with E-state index in [2.05, 4.69) is 32.3 Å². The molecule has 0 amide bonds. The maximum Gasteiger partial charge on any atom is 0.311 e. The highest BCUT2D eigenvalue weighted by Crippen LogP contribution is 2.44. The summed E-state index contributed by atoms with van der Waals surface area (Å²) >= 11 is 1.98. The van der Waals surface area contributed by atoms with Gasteiger partial charge < -0.3 is 9.30 Å². The number of carbonyl (C=O) groups excluding carboxylic acids is 1. The Labute approximate surface area is 164 Å². The number of fused-ring (bicyclic) bond motifs is 1. The van der Waals surface area contributed by atoms with Gasteiger partial charge in [0.15, 0.2) is 0 Å². The van der Waals surface area contributed by atoms with Gasteiger partial charge in [-0.1, -0.05) is 34.1 Å². The van der Waals surface area contributed by atoms with E-state index < -0.39 is 5.41 Å². The summed E-state index contributed by atoms with van der Waals surface area (Å²) in [5.74, 6) is -0.120. The third-order valence-corrected chi connectivity index (χ3v) is 6.42. The first-order valence-corrected chi connectivity index (χ1v) is 10.9. The fraction of sp³-hybridized carbons (Fsp3) is 0.773. The molecule has 0 aliphatic heterocycles. The van der Waals surface area contributed by atoms with E-state index in [9.17, 15) is 4.79 Å². The lowest BCUT2D eigenvalue weighted by molar-refractivity contribution is -0.150. The predicted octanol–water partition coefficient (Wildman–Crippen LogP) is 5.80. The topological polar surface area (TPSA) is 31.2 Å². The second-order valence-electron chi connectivity index (χ2n) is 9.18. The predicted molar refractivity (Wildman–Crippen MR) is 111 cm³/mol. The molecule has 0 fully saturated rings. The number of methoxy groups -OCH3 is 1. The molecule has 2 rings (SSSR count). The summed E-state index contributed by atoms with van der Waals surface area (Å²) in [5, 5.41) is 0. The summed E-state index contributed by atoms with van der Waals surface area (Å²) in [6.45, 7) is 14.2. The maximum absolute atomic E-state index is 12.4. The van der Waals surface area contributed by atoms with E-state index in [4.69, 9.17) is 4.74 Å². The molecule has 1 aliphatic rings. The van der Waals surface area contributed by atoms with Crippen LogP contribution < -0.4 is 0 Å². The van der Waals surface area contributed by atoms with Crippen LogP contribution in [0.3, 0.4) is 0 Å². The van der Waals surface area contributed by atoms with Crippen LogP contribution in [0.4, 0.5) is 0 Å². The summed E-state index contributed by atoms with van der Waals surface area (Å²) < 4.78 is 7.82. The molecule has 3 nitrogen and oxygen atoms in total. The highest BCUT2D eigenvalue weighted by atomic mass is 32.2. The molecule has 148 valence electrons. The van der Waals surface area contributed by atoms with Gasteiger partial charge in [0.05, 0.1) is 12.5 Å². The second-order valence-corrected chi connectivity index (χ2v) is 11.0. The van der Waals surface area contributed by atoms with E-state index >= 15 is 0 Å². The average molecular weight is 380 g/mol. The third kappa shape index (κ3) is 4.88. The van der Waals surface area contributed by atoms with Crippen molar-refractivity contribution in [1.82, 2.24) is 4.57 Å². The summed E-state index contributed by atoms with van der Waals surface area (Å²) in [6, 6.07) is 0. The molecular formula is C22H37NO2S. The van der Waals surface area contributed by atoms with E-state index in [-0.39, 0.29) is 10.7 Å². The fourth-order valence-electron chi connectivity index (χ4n) is 3.85. The number of thioether (sulfide) groups is 1. The minimum atomic E-state index is -0.507. The van der Waals surface area contributed by atoms with Crippen LogP contribution in [0.15, 0.2) is 4.90 Å². The van der Waals surface area contributed by atoms with Crippen molar-refractivity contribution in [2.75, 3.05) is 7.11 Å². The highest BCUT2D eigenvalue weighted by molar-refractivity contribution is 8.00. The summed E-state index contributed by atoms with van der Waals surface area (Å²) in [5.41, 5.74) is 3.95. The van der Waals surface area contributed by atoms with Crippen LogP contribution in [0.5, 0.6) is 0 Å². The number of aromatic nitrogens is 1. The number of ether oxygens (including phenoxy) is 1. The Balaban J connectivity index is 2.56. The number of hydrogen-bond acceptors (Lipinski definition) is 3. The Hall–Kier alpha value is -0.900. The van der Waals surface area contributed by atoms with Crippen molar-refractivity contribution in [2.24, 2.45) is 5.41 Å². The van der Waals surface area contributed by atoms with E-state index in [1.165, 1.54) is 61.9 Å². The number of rotatable bonds is 7. The van der Waals surface area contributed by atoms with Gasteiger partial charge in [-0.05, 0) is 51.5 Å². The van der Waals surface area contributed by atoms with Gasteiger partial charge in [0.25, 0.3) is 0 Å². The van der Waals surface area contributed by atoms with E-state index in [1.54, 1.807) is 5.56 Å². The summed E-state index contributed by atoms with van der Waals surface area (Å²) in [7, 11) is 1.50. The van der Waals surface area contributed by atoms with Gasteiger partial charge >= 0.3 is 5.97 Å². The smallest absolute Gasteiger partial charge is 0.311 e. The molecule has 0 N–H and O–H groups in total. The zero-order valence-corrected chi connectivity index (χ0v) is 18.6. The van der Waals surface area contributed by atoms with Gasteiger partial charge in [0.2, 0.25) is 0 Å². The lowest BCUT2D eigenvalue weighted by atomic mass is 9.87. The standard InChI is InChI=1S/C22H37NO2S/c1-8-9-14-23-17-13-11-10-12-16(17)19(26-21(2,3)4)18(23)15-22(5,6)20(24)25-7/h8-15H2,1-7H3. The lowest BCUT2D eigenvalue weighted by Crippen LogP contribution is -2.29. The molecule has 0 radical (unpaired) electrons. The zero-order valence-electron chi connectivity index (χ0n) is 17.8. The molecular weight excluding hydrogens is 342 g/mol. The van der Waals surface area contributed by atoms with Crippen LogP contribution in [-0.4, -0.2) is 22.4 Å². The molecule has 0 aromatic carbocycles. The van der Waals surface area contributed by atoms with Gasteiger partial charge in [0, 0.05) is 34.0 Å². The first-order chi connectivity index (χ1) is 12.1. The van der Waals surface area contributed by atoms with Gasteiger partial charge in [0.1, 0.15) is 0 Å². The number of carbonyl (C=O) groups is 1. The number of unbranched alkanes of at least 4 members (excludes halogenated alkanes) is 1. The fourth-order valence-corrected chi connectivity index (χ4v) is 5.10. The van der Waals surface area contributed by atoms with Crippen LogP contribution in [0.25, 0.3) is 0 Å². The van der Waals surface area contributed by atoms with Crippen LogP contribution in [-0.2, 0) is 35.3 Å². The van der Waals surface area contributed by atoms with E-state index in [0.717, 1.165) is 13.0 Å². The van der Waals surface area contributed by atoms with Gasteiger partial charge in [-0.2, -0.15) is 0 Å². The first-order valence-electron chi connectivity index (χ1n) is 10.1. The largest absolute Gasteiger partial charge is 0.469 e. The molecule has 0 saturated carbocycles. The van der Waals surface area contributed by atoms with Crippen LogP contribution in [0, 0.1) is 5.41 Å². The maximum atomic E-state index is 12.4. The molecule has 0 unspecified atom stereocenters. The molecule has 26 heavy (non-hydrogen) atoms. The SMILES string of the molecule is CCCCn1c2c(c(SC(C)(C)C)c1CC(C)(C)C(=O)OC)CCCC2. The molecule has 0 saturated heterocycles. The molecule has 1 aromatic rings. The second kappa shape index (κ2) is 8.41. The minimum Gasteiger partial charge on any atom is -0.469 e. The van der Waals surface area contributed by atoms with Crippen molar-refractivity contribution in [3.63, 3.8) is 0 Å². The van der Waals surface area contributed by atoms with E-state index in [1.807, 2.05) is 25.6 Å². The van der Waals surface area contributed by atoms with Crippen molar-refractivity contribution >= 4 is 17.7 Å². The number of hydrogen-bond donors (Lipinski definition) is 0. The van der Waals surface area contributed by atoms with E-state index in [0.29, 0.717) is 0 Å². The quantitative estimate of drug-likeness (QED) is 0.443. The first kappa shape index (κ1) is 21.4. The lowest BCUT2D eigenvalue weighted by Gasteiger charge is -2.25. The molecule has 1 heterocycles. The average Bonchev–Trinajstić information content (AvgIpc) is 2.83. The Morgan fingerprint density at radius 3 is 2.38 bits per heavy atom. The normalized spacial score (nSPS) is 15.0. The highest BCUT2D eigenvalue weighted by Gasteiger charge is 2.35. The third-order valence-electron chi connectivity index (χ3n) is 5.12. The molecule has 0 atom stereocenters. The summed E-state index contributed by atoms with van der Waals surface area (Å²) in [4.78, 5) is 13.8. The Kier molecular flexibility index (Phi) is 6.92.